The van der Waals surface area contributed by atoms with E-state index in [0.29, 0.717) is 30.8 Å². The molecule has 0 atom stereocenters. The van der Waals surface area contributed by atoms with E-state index in [1.807, 2.05) is 0 Å². The van der Waals surface area contributed by atoms with Crippen molar-refractivity contribution in [2.24, 2.45) is 5.92 Å². The summed E-state index contributed by atoms with van der Waals surface area (Å²) < 4.78 is 40.0. The molecular weight excluding hydrogens is 293 g/mol. The fourth-order valence-corrected chi connectivity index (χ4v) is 2.49. The molecule has 120 valence electrons. The molecule has 1 amide bonds. The number of amides is 1. The summed E-state index contributed by atoms with van der Waals surface area (Å²) in [6.07, 6.45) is 1.77. The zero-order chi connectivity index (χ0) is 16.2. The maximum absolute atomic E-state index is 13.9. The van der Waals surface area contributed by atoms with Gasteiger partial charge >= 0.3 is 0 Å². The van der Waals surface area contributed by atoms with Crippen LogP contribution in [-0.4, -0.2) is 18.4 Å². The standard InChI is InChI=1S/C16H19F3N2O/c1-2-15(22)21-12-3-4-14(13(17)9-12)20-10-11-5-7-16(18,19)8-6-11/h2-4,9,11,20H,1,5-8,10H2,(H,21,22). The van der Waals surface area contributed by atoms with Gasteiger partial charge in [0.2, 0.25) is 11.8 Å². The van der Waals surface area contributed by atoms with Crippen molar-refractivity contribution in [1.82, 2.24) is 0 Å². The maximum atomic E-state index is 13.9. The summed E-state index contributed by atoms with van der Waals surface area (Å²) in [6, 6.07) is 4.30. The maximum Gasteiger partial charge on any atom is 0.248 e. The van der Waals surface area contributed by atoms with Gasteiger partial charge in [-0.3, -0.25) is 4.79 Å². The van der Waals surface area contributed by atoms with Crippen LogP contribution in [0.3, 0.4) is 0 Å². The highest BCUT2D eigenvalue weighted by Gasteiger charge is 2.34. The van der Waals surface area contributed by atoms with Gasteiger partial charge in [-0.2, -0.15) is 0 Å². The largest absolute Gasteiger partial charge is 0.382 e. The minimum Gasteiger partial charge on any atom is -0.382 e. The molecule has 1 aliphatic rings. The Bertz CT molecular complexity index is 550. The SMILES string of the molecule is C=CC(=O)Nc1ccc(NCC2CCC(F)(F)CC2)c(F)c1. The molecule has 22 heavy (non-hydrogen) atoms. The van der Waals surface area contributed by atoms with Gasteiger partial charge in [0.25, 0.3) is 0 Å². The summed E-state index contributed by atoms with van der Waals surface area (Å²) in [6.45, 7) is 3.78. The molecule has 0 heterocycles. The fourth-order valence-electron chi connectivity index (χ4n) is 2.49. The molecule has 6 heteroatoms. The second-order valence-electron chi connectivity index (χ2n) is 5.57. The van der Waals surface area contributed by atoms with E-state index >= 15 is 0 Å². The molecule has 0 unspecified atom stereocenters. The van der Waals surface area contributed by atoms with Gasteiger partial charge in [0.05, 0.1) is 5.69 Å². The molecule has 0 aliphatic heterocycles. The van der Waals surface area contributed by atoms with E-state index < -0.39 is 17.6 Å². The molecule has 1 saturated carbocycles. The van der Waals surface area contributed by atoms with Crippen LogP contribution in [-0.2, 0) is 4.79 Å². The smallest absolute Gasteiger partial charge is 0.248 e. The Kier molecular flexibility index (Phi) is 5.11. The lowest BCUT2D eigenvalue weighted by atomic mass is 9.87. The molecular formula is C16H19F3N2O. The molecule has 0 aromatic heterocycles. The first kappa shape index (κ1) is 16.4. The summed E-state index contributed by atoms with van der Waals surface area (Å²) in [5.74, 6) is -3.34. The molecule has 2 rings (SSSR count). The molecule has 2 N–H and O–H groups in total. The monoisotopic (exact) mass is 312 g/mol. The van der Waals surface area contributed by atoms with E-state index in [1.54, 1.807) is 6.07 Å². The van der Waals surface area contributed by atoms with E-state index in [1.165, 1.54) is 12.1 Å². The van der Waals surface area contributed by atoms with Crippen LogP contribution in [0.25, 0.3) is 0 Å². The Morgan fingerprint density at radius 3 is 2.64 bits per heavy atom. The minimum absolute atomic E-state index is 0.103. The summed E-state index contributed by atoms with van der Waals surface area (Å²) in [5.41, 5.74) is 0.638. The number of carbonyl (C=O) groups is 1. The highest BCUT2D eigenvalue weighted by Crippen LogP contribution is 2.36. The van der Waals surface area contributed by atoms with Crippen LogP contribution in [0.5, 0.6) is 0 Å². The number of alkyl halides is 2. The van der Waals surface area contributed by atoms with Crippen LogP contribution in [0.15, 0.2) is 30.9 Å². The van der Waals surface area contributed by atoms with Gasteiger partial charge in [-0.15, -0.1) is 0 Å². The number of anilines is 2. The first-order valence-electron chi connectivity index (χ1n) is 7.24. The van der Waals surface area contributed by atoms with Crippen LogP contribution in [0.1, 0.15) is 25.7 Å². The van der Waals surface area contributed by atoms with Crippen molar-refractivity contribution >= 4 is 17.3 Å². The van der Waals surface area contributed by atoms with Crippen LogP contribution in [0.2, 0.25) is 0 Å². The number of halogens is 3. The van der Waals surface area contributed by atoms with E-state index in [2.05, 4.69) is 17.2 Å². The number of hydrogen-bond donors (Lipinski definition) is 2. The van der Waals surface area contributed by atoms with Crippen molar-refractivity contribution in [2.75, 3.05) is 17.2 Å². The third-order valence-electron chi connectivity index (χ3n) is 3.84. The Labute approximate surface area is 127 Å². The number of carbonyl (C=O) groups excluding carboxylic acids is 1. The minimum atomic E-state index is -2.55. The molecule has 0 spiro atoms. The lowest BCUT2D eigenvalue weighted by Crippen LogP contribution is -2.28. The van der Waals surface area contributed by atoms with Gasteiger partial charge in [0.15, 0.2) is 0 Å². The van der Waals surface area contributed by atoms with Gasteiger partial charge in [-0.1, -0.05) is 6.58 Å². The number of hydrogen-bond acceptors (Lipinski definition) is 2. The second kappa shape index (κ2) is 6.85. The van der Waals surface area contributed by atoms with Crippen molar-refractivity contribution in [3.8, 4) is 0 Å². The highest BCUT2D eigenvalue weighted by molar-refractivity contribution is 5.98. The molecule has 1 fully saturated rings. The van der Waals surface area contributed by atoms with E-state index in [9.17, 15) is 18.0 Å². The van der Waals surface area contributed by atoms with Gasteiger partial charge < -0.3 is 10.6 Å². The topological polar surface area (TPSA) is 41.1 Å². The third-order valence-corrected chi connectivity index (χ3v) is 3.84. The van der Waals surface area contributed by atoms with Crippen LogP contribution < -0.4 is 10.6 Å². The van der Waals surface area contributed by atoms with Gasteiger partial charge in [0.1, 0.15) is 5.82 Å². The Hall–Kier alpha value is -1.98. The Morgan fingerprint density at radius 1 is 1.36 bits per heavy atom. The van der Waals surface area contributed by atoms with E-state index in [4.69, 9.17) is 0 Å². The number of benzene rings is 1. The molecule has 1 aromatic rings. The second-order valence-corrected chi connectivity index (χ2v) is 5.57. The van der Waals surface area contributed by atoms with Gasteiger partial charge in [0, 0.05) is 25.1 Å². The van der Waals surface area contributed by atoms with Crippen LogP contribution in [0.4, 0.5) is 24.5 Å². The normalized spacial score (nSPS) is 17.8. The van der Waals surface area contributed by atoms with Crippen molar-refractivity contribution in [2.45, 2.75) is 31.6 Å². The first-order chi connectivity index (χ1) is 10.4. The predicted molar refractivity (Wildman–Crippen MR) is 80.6 cm³/mol. The lowest BCUT2D eigenvalue weighted by Gasteiger charge is -2.28. The average molecular weight is 312 g/mol. The zero-order valence-corrected chi connectivity index (χ0v) is 12.2. The predicted octanol–water partition coefficient (Wildman–Crippen LogP) is 4.19. The molecule has 1 aliphatic carbocycles. The number of rotatable bonds is 5. The van der Waals surface area contributed by atoms with Gasteiger partial charge in [-0.25, -0.2) is 13.2 Å². The quantitative estimate of drug-likeness (QED) is 0.801. The summed E-state index contributed by atoms with van der Waals surface area (Å²) in [5, 5.41) is 5.42. The summed E-state index contributed by atoms with van der Waals surface area (Å²) in [4.78, 5) is 11.1. The first-order valence-corrected chi connectivity index (χ1v) is 7.24. The molecule has 3 nitrogen and oxygen atoms in total. The molecule has 0 bridgehead atoms. The van der Waals surface area contributed by atoms with Gasteiger partial charge in [-0.05, 0) is 43.0 Å². The lowest BCUT2D eigenvalue weighted by molar-refractivity contribution is -0.111. The van der Waals surface area contributed by atoms with Crippen molar-refractivity contribution in [1.29, 1.82) is 0 Å². The van der Waals surface area contributed by atoms with Crippen molar-refractivity contribution < 1.29 is 18.0 Å². The van der Waals surface area contributed by atoms with Crippen molar-refractivity contribution in [3.05, 3.63) is 36.7 Å². The highest BCUT2D eigenvalue weighted by atomic mass is 19.3. The van der Waals surface area contributed by atoms with E-state index in [0.717, 1.165) is 6.08 Å². The summed E-state index contributed by atoms with van der Waals surface area (Å²) in [7, 11) is 0. The number of nitrogens with one attached hydrogen (secondary N) is 2. The molecule has 1 aromatic carbocycles. The van der Waals surface area contributed by atoms with Crippen molar-refractivity contribution in [3.63, 3.8) is 0 Å². The third kappa shape index (κ3) is 4.51. The fraction of sp³-hybridized carbons (Fsp3) is 0.438. The molecule has 0 radical (unpaired) electrons. The molecule has 0 saturated heterocycles. The van der Waals surface area contributed by atoms with Crippen LogP contribution in [0, 0.1) is 11.7 Å². The Balaban J connectivity index is 1.88. The zero-order valence-electron chi connectivity index (χ0n) is 12.2. The van der Waals surface area contributed by atoms with Crippen LogP contribution >= 0.6 is 0 Å². The van der Waals surface area contributed by atoms with E-state index in [-0.39, 0.29) is 18.8 Å². The summed E-state index contributed by atoms with van der Waals surface area (Å²) >= 11 is 0. The average Bonchev–Trinajstić information content (AvgIpc) is 2.47. The Morgan fingerprint density at radius 2 is 2.05 bits per heavy atom.